The molecule has 7 heteroatoms. The number of nitrogens with zero attached hydrogens (tertiary/aromatic N) is 1. The number of hydrogen-bond donors (Lipinski definition) is 1. The van der Waals surface area contributed by atoms with Gasteiger partial charge in [0.2, 0.25) is 0 Å². The summed E-state index contributed by atoms with van der Waals surface area (Å²) in [6.45, 7) is 2.61. The van der Waals surface area contributed by atoms with Gasteiger partial charge >= 0.3 is 0 Å². The number of aliphatic hydroxyl groups is 1. The number of thiophene rings is 1. The number of aliphatic hydroxyl groups excluding tert-OH is 1. The molecule has 1 N–H and O–H groups in total. The SMILES string of the molecule is CC1CCN(S(=O)(=O)c2sccc2Br)CC1O. The van der Waals surface area contributed by atoms with Crippen molar-refractivity contribution < 1.29 is 13.5 Å². The van der Waals surface area contributed by atoms with E-state index in [0.717, 1.165) is 0 Å². The lowest BCUT2D eigenvalue weighted by Gasteiger charge is -2.33. The standard InChI is InChI=1S/C10H14BrNO3S2/c1-7-2-4-12(6-9(7)13)17(14,15)10-8(11)3-5-16-10/h3,5,7,9,13H,2,4,6H2,1H3. The lowest BCUT2D eigenvalue weighted by Crippen LogP contribution is -2.45. The van der Waals surface area contributed by atoms with Crippen LogP contribution in [0.1, 0.15) is 13.3 Å². The molecule has 1 aliphatic heterocycles. The van der Waals surface area contributed by atoms with Crippen LogP contribution in [0.4, 0.5) is 0 Å². The maximum Gasteiger partial charge on any atom is 0.253 e. The van der Waals surface area contributed by atoms with Crippen LogP contribution in [0.25, 0.3) is 0 Å². The number of β-amino-alcohol motifs (C(OH)–C–C–N with tert-alkyl or cyclic N) is 1. The highest BCUT2D eigenvalue weighted by molar-refractivity contribution is 9.10. The molecule has 0 bridgehead atoms. The molecule has 4 nitrogen and oxygen atoms in total. The molecule has 0 aromatic carbocycles. The smallest absolute Gasteiger partial charge is 0.253 e. The van der Waals surface area contributed by atoms with Crippen LogP contribution < -0.4 is 0 Å². The zero-order valence-corrected chi connectivity index (χ0v) is 12.6. The second-order valence-electron chi connectivity index (χ2n) is 4.25. The maximum absolute atomic E-state index is 12.3. The summed E-state index contributed by atoms with van der Waals surface area (Å²) in [4.78, 5) is 0. The van der Waals surface area contributed by atoms with Crippen LogP contribution in [0.5, 0.6) is 0 Å². The lowest BCUT2D eigenvalue weighted by molar-refractivity contribution is 0.0606. The topological polar surface area (TPSA) is 57.6 Å². The third kappa shape index (κ3) is 2.58. The van der Waals surface area contributed by atoms with E-state index in [-0.39, 0.29) is 12.5 Å². The Morgan fingerprint density at radius 2 is 2.29 bits per heavy atom. The van der Waals surface area contributed by atoms with Gasteiger partial charge in [-0.2, -0.15) is 4.31 Å². The largest absolute Gasteiger partial charge is 0.391 e. The van der Waals surface area contributed by atoms with Gasteiger partial charge in [-0.15, -0.1) is 11.3 Å². The summed E-state index contributed by atoms with van der Waals surface area (Å²) in [5.41, 5.74) is 0. The molecular formula is C10H14BrNO3S2. The van der Waals surface area contributed by atoms with E-state index in [0.29, 0.717) is 21.6 Å². The van der Waals surface area contributed by atoms with Crippen molar-refractivity contribution >= 4 is 37.3 Å². The second kappa shape index (κ2) is 4.97. The van der Waals surface area contributed by atoms with Crippen LogP contribution in [0.3, 0.4) is 0 Å². The van der Waals surface area contributed by atoms with E-state index >= 15 is 0 Å². The minimum Gasteiger partial charge on any atom is -0.391 e. The number of halogens is 1. The average Bonchev–Trinajstić information content (AvgIpc) is 2.69. The van der Waals surface area contributed by atoms with Crippen molar-refractivity contribution in [3.05, 3.63) is 15.9 Å². The van der Waals surface area contributed by atoms with Crippen LogP contribution in [-0.4, -0.2) is 37.0 Å². The van der Waals surface area contributed by atoms with Crippen LogP contribution in [0.15, 0.2) is 20.1 Å². The van der Waals surface area contributed by atoms with Crippen LogP contribution in [0, 0.1) is 5.92 Å². The van der Waals surface area contributed by atoms with Gasteiger partial charge in [-0.3, -0.25) is 0 Å². The van der Waals surface area contributed by atoms with Crippen molar-refractivity contribution in [2.75, 3.05) is 13.1 Å². The van der Waals surface area contributed by atoms with Crippen molar-refractivity contribution in [2.45, 2.75) is 23.7 Å². The Labute approximate surface area is 113 Å². The van der Waals surface area contributed by atoms with Crippen molar-refractivity contribution in [2.24, 2.45) is 5.92 Å². The molecule has 1 aromatic rings. The monoisotopic (exact) mass is 339 g/mol. The number of piperidine rings is 1. The molecule has 0 radical (unpaired) electrons. The maximum atomic E-state index is 12.3. The van der Waals surface area contributed by atoms with Gasteiger partial charge in [0.1, 0.15) is 4.21 Å². The number of rotatable bonds is 2. The molecule has 1 saturated heterocycles. The Balaban J connectivity index is 2.26. The Kier molecular flexibility index (Phi) is 3.94. The van der Waals surface area contributed by atoms with Crippen LogP contribution >= 0.6 is 27.3 Å². The quantitative estimate of drug-likeness (QED) is 0.895. The van der Waals surface area contributed by atoms with Gasteiger partial charge in [0, 0.05) is 17.6 Å². The average molecular weight is 340 g/mol. The highest BCUT2D eigenvalue weighted by Crippen LogP contribution is 2.32. The van der Waals surface area contributed by atoms with Crippen LogP contribution in [-0.2, 0) is 10.0 Å². The highest BCUT2D eigenvalue weighted by atomic mass is 79.9. The third-order valence-corrected chi connectivity index (χ3v) is 7.55. The fraction of sp³-hybridized carbons (Fsp3) is 0.600. The normalized spacial score (nSPS) is 27.2. The summed E-state index contributed by atoms with van der Waals surface area (Å²) < 4.78 is 26.9. The molecule has 1 fully saturated rings. The Morgan fingerprint density at radius 1 is 1.59 bits per heavy atom. The van der Waals surface area contributed by atoms with Gasteiger partial charge in [-0.05, 0) is 39.7 Å². The predicted octanol–water partition coefficient (Wildman–Crippen LogP) is 1.90. The molecule has 17 heavy (non-hydrogen) atoms. The molecule has 0 aliphatic carbocycles. The number of sulfonamides is 1. The molecular weight excluding hydrogens is 326 g/mol. The fourth-order valence-corrected chi connectivity index (χ4v) is 5.74. The van der Waals surface area contributed by atoms with Gasteiger partial charge in [0.15, 0.2) is 0 Å². The van der Waals surface area contributed by atoms with E-state index in [1.807, 2.05) is 6.92 Å². The zero-order chi connectivity index (χ0) is 12.6. The van der Waals surface area contributed by atoms with Crippen LogP contribution in [0.2, 0.25) is 0 Å². The van der Waals surface area contributed by atoms with Crippen molar-refractivity contribution in [3.63, 3.8) is 0 Å². The van der Waals surface area contributed by atoms with Gasteiger partial charge < -0.3 is 5.11 Å². The van der Waals surface area contributed by atoms with Crippen molar-refractivity contribution in [1.29, 1.82) is 0 Å². The summed E-state index contributed by atoms with van der Waals surface area (Å²) in [5.74, 6) is 0.160. The molecule has 2 heterocycles. The second-order valence-corrected chi connectivity index (χ2v) is 8.16. The summed E-state index contributed by atoms with van der Waals surface area (Å²) in [6.07, 6.45) is 0.126. The van der Waals surface area contributed by atoms with E-state index < -0.39 is 16.1 Å². The van der Waals surface area contributed by atoms with Gasteiger partial charge in [-0.1, -0.05) is 6.92 Å². The zero-order valence-electron chi connectivity index (χ0n) is 9.34. The first-order valence-electron chi connectivity index (χ1n) is 5.34. The Hall–Kier alpha value is 0.0500. The molecule has 96 valence electrons. The molecule has 0 spiro atoms. The molecule has 1 aromatic heterocycles. The van der Waals surface area contributed by atoms with Crippen molar-refractivity contribution in [1.82, 2.24) is 4.31 Å². The summed E-state index contributed by atoms with van der Waals surface area (Å²) in [7, 11) is -3.46. The van der Waals surface area contributed by atoms with Gasteiger partial charge in [-0.25, -0.2) is 8.42 Å². The Bertz CT molecular complexity index is 499. The minimum atomic E-state index is -3.46. The summed E-state index contributed by atoms with van der Waals surface area (Å²) >= 11 is 4.43. The molecule has 0 saturated carbocycles. The van der Waals surface area contributed by atoms with E-state index in [9.17, 15) is 13.5 Å². The molecule has 0 amide bonds. The highest BCUT2D eigenvalue weighted by Gasteiger charge is 2.34. The molecule has 2 rings (SSSR count). The fourth-order valence-electron chi connectivity index (χ4n) is 1.82. The number of hydrogen-bond acceptors (Lipinski definition) is 4. The first-order valence-corrected chi connectivity index (χ1v) is 8.45. The van der Waals surface area contributed by atoms with E-state index in [1.54, 1.807) is 11.4 Å². The summed E-state index contributed by atoms with van der Waals surface area (Å²) in [5, 5.41) is 11.5. The van der Waals surface area contributed by atoms with E-state index in [2.05, 4.69) is 15.9 Å². The molecule has 2 unspecified atom stereocenters. The summed E-state index contributed by atoms with van der Waals surface area (Å²) in [6, 6.07) is 1.72. The Morgan fingerprint density at radius 3 is 2.82 bits per heavy atom. The van der Waals surface area contributed by atoms with Gasteiger partial charge in [0.25, 0.3) is 10.0 Å². The lowest BCUT2D eigenvalue weighted by atomic mass is 9.98. The first-order chi connectivity index (χ1) is 7.93. The predicted molar refractivity (Wildman–Crippen MR) is 70.6 cm³/mol. The minimum absolute atomic E-state index is 0.160. The van der Waals surface area contributed by atoms with E-state index in [4.69, 9.17) is 0 Å². The van der Waals surface area contributed by atoms with E-state index in [1.165, 1.54) is 15.6 Å². The first kappa shape index (κ1) is 13.5. The van der Waals surface area contributed by atoms with Crippen molar-refractivity contribution in [3.8, 4) is 0 Å². The van der Waals surface area contributed by atoms with Gasteiger partial charge in [0.05, 0.1) is 6.10 Å². The molecule has 2 atom stereocenters. The molecule has 1 aliphatic rings. The third-order valence-electron chi connectivity index (χ3n) is 3.04.